The van der Waals surface area contributed by atoms with Crippen LogP contribution in [0.15, 0.2) is 10.4 Å². The predicted octanol–water partition coefficient (Wildman–Crippen LogP) is 2.57. The van der Waals surface area contributed by atoms with Crippen molar-refractivity contribution in [2.24, 2.45) is 4.99 Å². The molecular weight excluding hydrogens is 172 g/mol. The maximum absolute atomic E-state index is 4.69. The molecule has 1 rings (SSSR count). The average molecular weight is 184 g/mol. The molecule has 0 saturated heterocycles. The van der Waals surface area contributed by atoms with Crippen molar-refractivity contribution in [1.82, 2.24) is 4.98 Å². The summed E-state index contributed by atoms with van der Waals surface area (Å²) in [4.78, 5) is 8.28. The molecular formula is C8H12N2OS. The van der Waals surface area contributed by atoms with Gasteiger partial charge in [0.15, 0.2) is 6.40 Å². The highest BCUT2D eigenvalue weighted by atomic mass is 32.1. The number of methoxy groups -OCH3 is 1. The Kier molecular flexibility index (Phi) is 3.22. The largest absolute Gasteiger partial charge is 0.486 e. The second kappa shape index (κ2) is 4.21. The van der Waals surface area contributed by atoms with Crippen molar-refractivity contribution in [3.63, 3.8) is 0 Å². The first-order valence-corrected chi connectivity index (χ1v) is 4.62. The fraction of sp³-hybridized carbons (Fsp3) is 0.500. The molecule has 0 aliphatic carbocycles. The lowest BCUT2D eigenvalue weighted by Crippen LogP contribution is -1.85. The summed E-state index contributed by atoms with van der Waals surface area (Å²) < 4.78 is 4.69. The van der Waals surface area contributed by atoms with Crippen molar-refractivity contribution in [2.75, 3.05) is 7.11 Å². The van der Waals surface area contributed by atoms with E-state index in [1.165, 1.54) is 17.7 Å². The van der Waals surface area contributed by atoms with Crippen molar-refractivity contribution in [1.29, 1.82) is 0 Å². The van der Waals surface area contributed by atoms with Crippen LogP contribution >= 0.6 is 11.3 Å². The molecule has 0 saturated carbocycles. The standard InChI is InChI=1S/C8H12N2OS/c1-6(2)7-4-12-8(10-7)9-5-11-3/h4-6H,1-3H3/b9-5+. The third kappa shape index (κ3) is 2.30. The minimum absolute atomic E-state index is 0.466. The lowest BCUT2D eigenvalue weighted by atomic mass is 10.2. The van der Waals surface area contributed by atoms with Crippen molar-refractivity contribution >= 4 is 22.9 Å². The van der Waals surface area contributed by atoms with Crippen LogP contribution in [0.3, 0.4) is 0 Å². The van der Waals surface area contributed by atoms with E-state index < -0.39 is 0 Å². The van der Waals surface area contributed by atoms with E-state index in [9.17, 15) is 0 Å². The first-order valence-electron chi connectivity index (χ1n) is 3.74. The molecule has 0 aliphatic heterocycles. The molecule has 0 fully saturated rings. The number of hydrogen-bond acceptors (Lipinski definition) is 4. The van der Waals surface area contributed by atoms with E-state index in [1.54, 1.807) is 7.11 Å². The van der Waals surface area contributed by atoms with Crippen LogP contribution in [0.1, 0.15) is 25.5 Å². The van der Waals surface area contributed by atoms with E-state index in [0.29, 0.717) is 5.92 Å². The zero-order valence-electron chi connectivity index (χ0n) is 7.44. The monoisotopic (exact) mass is 184 g/mol. The highest BCUT2D eigenvalue weighted by molar-refractivity contribution is 7.13. The number of hydrogen-bond donors (Lipinski definition) is 0. The Morgan fingerprint density at radius 1 is 1.67 bits per heavy atom. The van der Waals surface area contributed by atoms with Crippen LogP contribution in [-0.2, 0) is 4.74 Å². The van der Waals surface area contributed by atoms with E-state index >= 15 is 0 Å². The summed E-state index contributed by atoms with van der Waals surface area (Å²) >= 11 is 1.53. The van der Waals surface area contributed by atoms with Gasteiger partial charge >= 0.3 is 0 Å². The third-order valence-corrected chi connectivity index (χ3v) is 2.14. The Balaban J connectivity index is 2.70. The lowest BCUT2D eigenvalue weighted by molar-refractivity contribution is 0.423. The van der Waals surface area contributed by atoms with Crippen LogP contribution in [0.5, 0.6) is 0 Å². The topological polar surface area (TPSA) is 34.5 Å². The van der Waals surface area contributed by atoms with Gasteiger partial charge in [-0.15, -0.1) is 11.3 Å². The highest BCUT2D eigenvalue weighted by Gasteiger charge is 2.03. The third-order valence-electron chi connectivity index (χ3n) is 1.37. The second-order valence-corrected chi connectivity index (χ2v) is 3.52. The number of thiazole rings is 1. The minimum atomic E-state index is 0.466. The summed E-state index contributed by atoms with van der Waals surface area (Å²) in [6.07, 6.45) is 1.39. The van der Waals surface area contributed by atoms with Gasteiger partial charge in [0, 0.05) is 5.38 Å². The number of aliphatic imine (C=N–C) groups is 1. The van der Waals surface area contributed by atoms with Gasteiger partial charge < -0.3 is 4.74 Å². The SMILES string of the molecule is CO/C=N/c1nc(C(C)C)cs1. The quantitative estimate of drug-likeness (QED) is 0.534. The van der Waals surface area contributed by atoms with Crippen LogP contribution < -0.4 is 0 Å². The van der Waals surface area contributed by atoms with E-state index in [1.807, 2.05) is 5.38 Å². The molecule has 3 nitrogen and oxygen atoms in total. The molecule has 12 heavy (non-hydrogen) atoms. The molecule has 0 aliphatic rings. The maximum atomic E-state index is 4.69. The number of aromatic nitrogens is 1. The summed E-state index contributed by atoms with van der Waals surface area (Å²) in [6, 6.07) is 0. The normalized spacial score (nSPS) is 11.3. The number of nitrogens with zero attached hydrogens (tertiary/aromatic N) is 2. The Bertz CT molecular complexity index is 268. The molecule has 0 aromatic carbocycles. The fourth-order valence-electron chi connectivity index (χ4n) is 0.698. The van der Waals surface area contributed by atoms with Crippen molar-refractivity contribution < 1.29 is 4.74 Å². The molecule has 1 aromatic heterocycles. The zero-order chi connectivity index (χ0) is 8.97. The molecule has 0 bridgehead atoms. The highest BCUT2D eigenvalue weighted by Crippen LogP contribution is 2.23. The summed E-state index contributed by atoms with van der Waals surface area (Å²) in [7, 11) is 1.57. The first kappa shape index (κ1) is 9.19. The van der Waals surface area contributed by atoms with Gasteiger partial charge in [-0.25, -0.2) is 4.98 Å². The van der Waals surface area contributed by atoms with Crippen molar-refractivity contribution in [2.45, 2.75) is 19.8 Å². The Hall–Kier alpha value is -0.900. The molecule has 0 unspecified atom stereocenters. The number of ether oxygens (including phenoxy) is 1. The molecule has 0 spiro atoms. The molecule has 0 N–H and O–H groups in total. The van der Waals surface area contributed by atoms with Gasteiger partial charge in [0.25, 0.3) is 0 Å². The molecule has 0 amide bonds. The average Bonchev–Trinajstić information content (AvgIpc) is 2.48. The van der Waals surface area contributed by atoms with Crippen LogP contribution in [-0.4, -0.2) is 18.5 Å². The van der Waals surface area contributed by atoms with Gasteiger partial charge in [-0.3, -0.25) is 0 Å². The van der Waals surface area contributed by atoms with E-state index in [-0.39, 0.29) is 0 Å². The lowest BCUT2D eigenvalue weighted by Gasteiger charge is -1.95. The Morgan fingerprint density at radius 3 is 2.92 bits per heavy atom. The summed E-state index contributed by atoms with van der Waals surface area (Å²) in [5.74, 6) is 0.466. The molecule has 1 heterocycles. The summed E-state index contributed by atoms with van der Waals surface area (Å²) in [5.41, 5.74) is 1.09. The molecule has 1 aromatic rings. The van der Waals surface area contributed by atoms with Crippen LogP contribution in [0.2, 0.25) is 0 Å². The van der Waals surface area contributed by atoms with E-state index in [4.69, 9.17) is 4.74 Å². The van der Waals surface area contributed by atoms with Gasteiger partial charge in [-0.2, -0.15) is 4.99 Å². The van der Waals surface area contributed by atoms with Crippen molar-refractivity contribution in [3.8, 4) is 0 Å². The van der Waals surface area contributed by atoms with E-state index in [0.717, 1.165) is 10.8 Å². The van der Waals surface area contributed by atoms with Crippen LogP contribution in [0.4, 0.5) is 5.13 Å². The van der Waals surface area contributed by atoms with Crippen LogP contribution in [0, 0.1) is 0 Å². The van der Waals surface area contributed by atoms with Gasteiger partial charge in [0.2, 0.25) is 5.13 Å². The molecule has 0 radical (unpaired) electrons. The van der Waals surface area contributed by atoms with Crippen molar-refractivity contribution in [3.05, 3.63) is 11.1 Å². The molecule has 66 valence electrons. The zero-order valence-corrected chi connectivity index (χ0v) is 8.26. The Labute approximate surface area is 76.1 Å². The number of rotatable bonds is 3. The van der Waals surface area contributed by atoms with E-state index in [2.05, 4.69) is 23.8 Å². The van der Waals surface area contributed by atoms with Gasteiger partial charge in [-0.05, 0) is 5.92 Å². The molecule has 0 atom stereocenters. The smallest absolute Gasteiger partial charge is 0.212 e. The Morgan fingerprint density at radius 2 is 2.42 bits per heavy atom. The second-order valence-electron chi connectivity index (χ2n) is 2.68. The van der Waals surface area contributed by atoms with Gasteiger partial charge in [0.1, 0.15) is 0 Å². The predicted molar refractivity (Wildman–Crippen MR) is 51.4 cm³/mol. The maximum Gasteiger partial charge on any atom is 0.212 e. The summed E-state index contributed by atoms with van der Waals surface area (Å²) in [5, 5.41) is 2.77. The summed E-state index contributed by atoms with van der Waals surface area (Å²) in [6.45, 7) is 4.22. The minimum Gasteiger partial charge on any atom is -0.486 e. The van der Waals surface area contributed by atoms with Gasteiger partial charge in [-0.1, -0.05) is 13.8 Å². The molecule has 4 heteroatoms. The van der Waals surface area contributed by atoms with Gasteiger partial charge in [0.05, 0.1) is 12.8 Å². The fourth-order valence-corrected chi connectivity index (χ4v) is 1.51. The first-order chi connectivity index (χ1) is 5.74. The van der Waals surface area contributed by atoms with Crippen LogP contribution in [0.25, 0.3) is 0 Å².